The Balaban J connectivity index is 0.000000204. The van der Waals surface area contributed by atoms with Gasteiger partial charge >= 0.3 is 0 Å². The highest BCUT2D eigenvalue weighted by molar-refractivity contribution is 5.79. The van der Waals surface area contributed by atoms with Crippen LogP contribution in [0.15, 0.2) is 42.5 Å². The quantitative estimate of drug-likeness (QED) is 0.797. The Bertz CT molecular complexity index is 545. The fourth-order valence-electron chi connectivity index (χ4n) is 1.62. The summed E-state index contributed by atoms with van der Waals surface area (Å²) in [5.74, 6) is 1.55. The van der Waals surface area contributed by atoms with Crippen LogP contribution in [0.25, 0.3) is 0 Å². The van der Waals surface area contributed by atoms with Gasteiger partial charge in [0.25, 0.3) is 0 Å². The number of hydrogen-bond donors (Lipinski definition) is 0. The molecule has 0 N–H and O–H groups in total. The summed E-state index contributed by atoms with van der Waals surface area (Å²) in [5, 5.41) is 0. The molecule has 0 saturated heterocycles. The molecule has 0 spiro atoms. The average Bonchev–Trinajstić information content (AvgIpc) is 2.48. The van der Waals surface area contributed by atoms with Gasteiger partial charge < -0.3 is 9.47 Å². The van der Waals surface area contributed by atoms with Gasteiger partial charge in [0.15, 0.2) is 6.29 Å². The van der Waals surface area contributed by atoms with Crippen molar-refractivity contribution in [1.82, 2.24) is 0 Å². The molecular weight excluding hydrogens is 252 g/mol. The predicted octanol–water partition coefficient (Wildman–Crippen LogP) is 3.82. The van der Waals surface area contributed by atoms with Crippen LogP contribution < -0.4 is 9.47 Å². The monoisotopic (exact) mass is 272 g/mol. The van der Waals surface area contributed by atoms with E-state index in [0.29, 0.717) is 11.3 Å². The van der Waals surface area contributed by atoms with Crippen molar-refractivity contribution in [3.63, 3.8) is 0 Å². The van der Waals surface area contributed by atoms with E-state index in [0.717, 1.165) is 17.6 Å². The molecule has 3 heteroatoms. The van der Waals surface area contributed by atoms with E-state index in [1.165, 1.54) is 5.56 Å². The first kappa shape index (κ1) is 15.8. The molecule has 0 fully saturated rings. The lowest BCUT2D eigenvalue weighted by Gasteiger charge is -2.02. The molecule has 0 radical (unpaired) electrons. The van der Waals surface area contributed by atoms with E-state index in [2.05, 4.69) is 6.92 Å². The zero-order valence-corrected chi connectivity index (χ0v) is 12.3. The summed E-state index contributed by atoms with van der Waals surface area (Å²) >= 11 is 0. The molecule has 3 nitrogen and oxygen atoms in total. The van der Waals surface area contributed by atoms with Crippen molar-refractivity contribution < 1.29 is 14.3 Å². The van der Waals surface area contributed by atoms with Crippen LogP contribution in [-0.2, 0) is 0 Å². The Morgan fingerprint density at radius 3 is 1.95 bits per heavy atom. The predicted molar refractivity (Wildman–Crippen MR) is 80.8 cm³/mol. The van der Waals surface area contributed by atoms with Gasteiger partial charge in [-0.1, -0.05) is 29.3 Å². The maximum absolute atomic E-state index is 10.5. The maximum atomic E-state index is 10.5. The van der Waals surface area contributed by atoms with Gasteiger partial charge in [0.1, 0.15) is 11.5 Å². The lowest BCUT2D eigenvalue weighted by atomic mass is 10.1. The van der Waals surface area contributed by atoms with Crippen LogP contribution in [0.3, 0.4) is 0 Å². The van der Waals surface area contributed by atoms with Gasteiger partial charge in [-0.25, -0.2) is 0 Å². The van der Waals surface area contributed by atoms with E-state index < -0.39 is 0 Å². The average molecular weight is 272 g/mol. The molecule has 2 rings (SSSR count). The molecule has 0 aliphatic heterocycles. The van der Waals surface area contributed by atoms with Gasteiger partial charge in [0.05, 0.1) is 19.8 Å². The van der Waals surface area contributed by atoms with Gasteiger partial charge in [-0.15, -0.1) is 0 Å². The minimum absolute atomic E-state index is 0.604. The summed E-state index contributed by atoms with van der Waals surface area (Å²) in [5.41, 5.74) is 2.93. The largest absolute Gasteiger partial charge is 0.497 e. The fourth-order valence-corrected chi connectivity index (χ4v) is 1.62. The van der Waals surface area contributed by atoms with Gasteiger partial charge in [0, 0.05) is 0 Å². The Morgan fingerprint density at radius 2 is 1.45 bits per heavy atom. The minimum Gasteiger partial charge on any atom is -0.497 e. The molecule has 0 bridgehead atoms. The number of ether oxygens (including phenoxy) is 2. The van der Waals surface area contributed by atoms with Crippen molar-refractivity contribution in [2.24, 2.45) is 0 Å². The Kier molecular flexibility index (Phi) is 6.30. The normalized spacial score (nSPS) is 9.20. The van der Waals surface area contributed by atoms with E-state index in [1.807, 2.05) is 37.3 Å². The summed E-state index contributed by atoms with van der Waals surface area (Å²) in [6, 6.07) is 13.5. The van der Waals surface area contributed by atoms with Gasteiger partial charge in [-0.05, 0) is 38.1 Å². The van der Waals surface area contributed by atoms with Crippen molar-refractivity contribution in [1.29, 1.82) is 0 Å². The highest BCUT2D eigenvalue weighted by Gasteiger charge is 1.99. The maximum Gasteiger partial charge on any atom is 0.153 e. The van der Waals surface area contributed by atoms with Crippen molar-refractivity contribution in [3.8, 4) is 11.5 Å². The fraction of sp³-hybridized carbons (Fsp3) is 0.235. The van der Waals surface area contributed by atoms with Crippen LogP contribution in [0.2, 0.25) is 0 Å². The van der Waals surface area contributed by atoms with Crippen LogP contribution >= 0.6 is 0 Å². The Morgan fingerprint density at radius 1 is 0.850 bits per heavy atom. The number of aryl methyl sites for hydroxylation is 2. The third-order valence-electron chi connectivity index (χ3n) is 2.77. The lowest BCUT2D eigenvalue weighted by Crippen LogP contribution is -1.90. The second-order valence-corrected chi connectivity index (χ2v) is 4.38. The zero-order valence-electron chi connectivity index (χ0n) is 12.3. The van der Waals surface area contributed by atoms with Crippen molar-refractivity contribution in [3.05, 3.63) is 59.2 Å². The lowest BCUT2D eigenvalue weighted by molar-refractivity contribution is 0.112. The number of benzene rings is 2. The third-order valence-corrected chi connectivity index (χ3v) is 2.77. The molecule has 0 aliphatic rings. The molecule has 106 valence electrons. The third kappa shape index (κ3) is 4.76. The van der Waals surface area contributed by atoms with Crippen LogP contribution in [0.4, 0.5) is 0 Å². The van der Waals surface area contributed by atoms with E-state index in [1.54, 1.807) is 26.4 Å². The number of methoxy groups -OCH3 is 2. The number of carbonyl (C=O) groups excluding carboxylic acids is 1. The van der Waals surface area contributed by atoms with Gasteiger partial charge in [0.2, 0.25) is 0 Å². The van der Waals surface area contributed by atoms with Gasteiger partial charge in [-0.3, -0.25) is 4.79 Å². The zero-order chi connectivity index (χ0) is 15.0. The molecular formula is C17H20O3. The van der Waals surface area contributed by atoms with Gasteiger partial charge in [-0.2, -0.15) is 0 Å². The van der Waals surface area contributed by atoms with E-state index in [9.17, 15) is 4.79 Å². The second kappa shape index (κ2) is 8.00. The van der Waals surface area contributed by atoms with Crippen molar-refractivity contribution >= 4 is 6.29 Å². The summed E-state index contributed by atoms with van der Waals surface area (Å²) in [7, 11) is 3.22. The Hall–Kier alpha value is -2.29. The molecule has 0 heterocycles. The van der Waals surface area contributed by atoms with E-state index >= 15 is 0 Å². The molecule has 0 aromatic heterocycles. The summed E-state index contributed by atoms with van der Waals surface area (Å²) in [6.07, 6.45) is 0.797. The second-order valence-electron chi connectivity index (χ2n) is 4.38. The standard InChI is InChI=1S/C9H10O2.C8H10O/c1-7-3-4-9(11-2)8(5-7)6-10;1-7-3-5-8(9-2)6-4-7/h3-6H,1-2H3;3-6H,1-2H3. The number of rotatable bonds is 3. The first-order valence-corrected chi connectivity index (χ1v) is 6.31. The molecule has 0 aliphatic carbocycles. The van der Waals surface area contributed by atoms with Crippen LogP contribution in [-0.4, -0.2) is 20.5 Å². The topological polar surface area (TPSA) is 35.5 Å². The number of hydrogen-bond acceptors (Lipinski definition) is 3. The molecule has 0 amide bonds. The molecule has 20 heavy (non-hydrogen) atoms. The minimum atomic E-state index is 0.604. The van der Waals surface area contributed by atoms with Crippen LogP contribution in [0.5, 0.6) is 11.5 Å². The smallest absolute Gasteiger partial charge is 0.153 e. The number of carbonyl (C=O) groups is 1. The van der Waals surface area contributed by atoms with Crippen molar-refractivity contribution in [2.75, 3.05) is 14.2 Å². The van der Waals surface area contributed by atoms with Crippen molar-refractivity contribution in [2.45, 2.75) is 13.8 Å². The van der Waals surface area contributed by atoms with E-state index in [4.69, 9.17) is 9.47 Å². The first-order valence-electron chi connectivity index (χ1n) is 6.31. The number of aldehydes is 1. The highest BCUT2D eigenvalue weighted by Crippen LogP contribution is 2.16. The Labute approximate surface area is 120 Å². The summed E-state index contributed by atoms with van der Waals surface area (Å²) in [4.78, 5) is 10.5. The molecule has 2 aromatic carbocycles. The SMILES string of the molecule is COc1ccc(C)cc1.COc1ccc(C)cc1C=O. The summed E-state index contributed by atoms with van der Waals surface area (Å²) in [6.45, 7) is 3.99. The molecule has 0 saturated carbocycles. The highest BCUT2D eigenvalue weighted by atomic mass is 16.5. The van der Waals surface area contributed by atoms with E-state index in [-0.39, 0.29) is 0 Å². The molecule has 0 atom stereocenters. The molecule has 0 unspecified atom stereocenters. The van der Waals surface area contributed by atoms with Crippen LogP contribution in [0.1, 0.15) is 21.5 Å². The summed E-state index contributed by atoms with van der Waals surface area (Å²) < 4.78 is 9.93. The van der Waals surface area contributed by atoms with Crippen LogP contribution in [0, 0.1) is 13.8 Å². The first-order chi connectivity index (χ1) is 9.60. The molecule has 2 aromatic rings.